The van der Waals surface area contributed by atoms with Gasteiger partial charge in [0, 0.05) is 20.3 Å². The molecule has 6 nitrogen and oxygen atoms in total. The number of amides is 2. The lowest BCUT2D eigenvalue weighted by molar-refractivity contribution is -0.123. The van der Waals surface area contributed by atoms with E-state index in [1.165, 1.54) is 0 Å². The van der Waals surface area contributed by atoms with Gasteiger partial charge in [-0.15, -0.1) is 0 Å². The molecule has 1 aromatic rings. The highest BCUT2D eigenvalue weighted by molar-refractivity contribution is 7.98. The van der Waals surface area contributed by atoms with Crippen molar-refractivity contribution < 1.29 is 19.1 Å². The van der Waals surface area contributed by atoms with Gasteiger partial charge in [-0.05, 0) is 37.0 Å². The molecule has 0 spiro atoms. The maximum atomic E-state index is 12.4. The van der Waals surface area contributed by atoms with Crippen molar-refractivity contribution in [3.05, 3.63) is 34.9 Å². The SMILES string of the molecule is COCCOCCCNC(=O)C(CCSC)NC(=O)c1ccccc1Cl. The number of thioether (sulfide) groups is 1. The Hall–Kier alpha value is -1.28. The van der Waals surface area contributed by atoms with Crippen molar-refractivity contribution in [3.8, 4) is 0 Å². The Kier molecular flexibility index (Phi) is 12.1. The molecular weight excluding hydrogens is 376 g/mol. The minimum atomic E-state index is -0.597. The van der Waals surface area contributed by atoms with Gasteiger partial charge in [-0.3, -0.25) is 9.59 Å². The lowest BCUT2D eigenvalue weighted by Crippen LogP contribution is -2.47. The van der Waals surface area contributed by atoms with Gasteiger partial charge >= 0.3 is 0 Å². The first-order valence-electron chi connectivity index (χ1n) is 8.48. The minimum Gasteiger partial charge on any atom is -0.382 e. The maximum absolute atomic E-state index is 12.4. The molecule has 1 aromatic carbocycles. The number of hydrogen-bond acceptors (Lipinski definition) is 5. The number of hydrogen-bond donors (Lipinski definition) is 2. The maximum Gasteiger partial charge on any atom is 0.253 e. The van der Waals surface area contributed by atoms with Gasteiger partial charge in [0.05, 0.1) is 23.8 Å². The topological polar surface area (TPSA) is 76.7 Å². The molecule has 1 rings (SSSR count). The summed E-state index contributed by atoms with van der Waals surface area (Å²) in [7, 11) is 1.62. The van der Waals surface area contributed by atoms with E-state index in [2.05, 4.69) is 10.6 Å². The van der Waals surface area contributed by atoms with Crippen molar-refractivity contribution in [1.29, 1.82) is 0 Å². The number of methoxy groups -OCH3 is 1. The standard InChI is InChI=1S/C18H27ClN2O4S/c1-24-11-12-25-10-5-9-20-18(23)16(8-13-26-2)21-17(22)14-6-3-4-7-15(14)19/h3-4,6-7,16H,5,8-13H2,1-2H3,(H,20,23)(H,21,22). The minimum absolute atomic E-state index is 0.198. The number of ether oxygens (including phenoxy) is 2. The Morgan fingerprint density at radius 1 is 1.23 bits per heavy atom. The molecule has 1 atom stereocenters. The van der Waals surface area contributed by atoms with E-state index >= 15 is 0 Å². The molecule has 8 heteroatoms. The Bertz CT molecular complexity index is 560. The molecule has 146 valence electrons. The molecule has 26 heavy (non-hydrogen) atoms. The summed E-state index contributed by atoms with van der Waals surface area (Å²) in [6, 6.07) is 6.18. The van der Waals surface area contributed by atoms with Crippen LogP contribution in [0.5, 0.6) is 0 Å². The molecule has 0 aliphatic rings. The summed E-state index contributed by atoms with van der Waals surface area (Å²) in [5, 5.41) is 5.99. The zero-order valence-electron chi connectivity index (χ0n) is 15.3. The summed E-state index contributed by atoms with van der Waals surface area (Å²) in [5.41, 5.74) is 0.364. The van der Waals surface area contributed by atoms with Crippen LogP contribution in [0.1, 0.15) is 23.2 Å². The number of rotatable bonds is 13. The van der Waals surface area contributed by atoms with Gasteiger partial charge in [0.25, 0.3) is 5.91 Å². The van der Waals surface area contributed by atoms with Crippen LogP contribution in [-0.4, -0.2) is 63.3 Å². The first-order valence-corrected chi connectivity index (χ1v) is 10.3. The Labute approximate surface area is 164 Å². The number of carbonyl (C=O) groups excluding carboxylic acids is 2. The van der Waals surface area contributed by atoms with Gasteiger partial charge in [0.1, 0.15) is 6.04 Å². The van der Waals surface area contributed by atoms with Crippen LogP contribution >= 0.6 is 23.4 Å². The second-order valence-electron chi connectivity index (χ2n) is 5.54. The van der Waals surface area contributed by atoms with Crippen LogP contribution in [0, 0.1) is 0 Å². The third-order valence-corrected chi connectivity index (χ3v) is 4.52. The number of benzene rings is 1. The van der Waals surface area contributed by atoms with Gasteiger partial charge < -0.3 is 20.1 Å². The molecule has 2 N–H and O–H groups in total. The van der Waals surface area contributed by atoms with Gasteiger partial charge in [-0.1, -0.05) is 23.7 Å². The summed E-state index contributed by atoms with van der Waals surface area (Å²) in [6.45, 7) is 2.13. The number of carbonyl (C=O) groups is 2. The molecule has 0 bridgehead atoms. The zero-order valence-corrected chi connectivity index (χ0v) is 16.8. The molecule has 0 saturated carbocycles. The smallest absolute Gasteiger partial charge is 0.253 e. The van der Waals surface area contributed by atoms with Crippen LogP contribution < -0.4 is 10.6 Å². The quantitative estimate of drug-likeness (QED) is 0.495. The van der Waals surface area contributed by atoms with E-state index in [0.717, 1.165) is 5.75 Å². The number of halogens is 1. The van der Waals surface area contributed by atoms with E-state index in [4.69, 9.17) is 21.1 Å². The molecule has 0 heterocycles. The number of nitrogens with one attached hydrogen (secondary N) is 2. The van der Waals surface area contributed by atoms with E-state index in [1.807, 2.05) is 6.26 Å². The molecule has 1 unspecified atom stereocenters. The average molecular weight is 403 g/mol. The lowest BCUT2D eigenvalue weighted by Gasteiger charge is -2.18. The molecular formula is C18H27ClN2O4S. The van der Waals surface area contributed by atoms with Crippen molar-refractivity contribution in [3.63, 3.8) is 0 Å². The highest BCUT2D eigenvalue weighted by Gasteiger charge is 2.21. The van der Waals surface area contributed by atoms with Crippen molar-refractivity contribution in [2.24, 2.45) is 0 Å². The van der Waals surface area contributed by atoms with E-state index in [-0.39, 0.29) is 11.8 Å². The van der Waals surface area contributed by atoms with Crippen LogP contribution in [0.15, 0.2) is 24.3 Å². The lowest BCUT2D eigenvalue weighted by atomic mass is 10.1. The molecule has 0 aliphatic carbocycles. The van der Waals surface area contributed by atoms with E-state index in [0.29, 0.717) is 49.8 Å². The molecule has 0 fully saturated rings. The summed E-state index contributed by atoms with van der Waals surface area (Å²) >= 11 is 7.68. The molecule has 0 aromatic heterocycles. The van der Waals surface area contributed by atoms with Gasteiger partial charge in [0.2, 0.25) is 5.91 Å². The monoisotopic (exact) mass is 402 g/mol. The normalized spacial score (nSPS) is 11.8. The highest BCUT2D eigenvalue weighted by atomic mass is 35.5. The second-order valence-corrected chi connectivity index (χ2v) is 6.93. The summed E-state index contributed by atoms with van der Waals surface area (Å²) in [6.07, 6.45) is 3.21. The molecule has 2 amide bonds. The summed E-state index contributed by atoms with van der Waals surface area (Å²) in [4.78, 5) is 24.8. The van der Waals surface area contributed by atoms with Crippen LogP contribution in [0.25, 0.3) is 0 Å². The van der Waals surface area contributed by atoms with E-state index in [9.17, 15) is 9.59 Å². The van der Waals surface area contributed by atoms with Crippen LogP contribution in [-0.2, 0) is 14.3 Å². The predicted molar refractivity (Wildman–Crippen MR) is 106 cm³/mol. The zero-order chi connectivity index (χ0) is 19.2. The predicted octanol–water partition coefficient (Wildman–Crippen LogP) is 2.36. The van der Waals surface area contributed by atoms with Gasteiger partial charge in [-0.2, -0.15) is 11.8 Å². The van der Waals surface area contributed by atoms with Crippen molar-refractivity contribution in [2.75, 3.05) is 45.5 Å². The Morgan fingerprint density at radius 2 is 2.00 bits per heavy atom. The Morgan fingerprint density at radius 3 is 2.69 bits per heavy atom. The van der Waals surface area contributed by atoms with E-state index in [1.54, 1.807) is 43.1 Å². The summed E-state index contributed by atoms with van der Waals surface area (Å²) < 4.78 is 10.2. The molecule has 0 saturated heterocycles. The van der Waals surface area contributed by atoms with Crippen LogP contribution in [0.4, 0.5) is 0 Å². The largest absolute Gasteiger partial charge is 0.382 e. The average Bonchev–Trinajstić information content (AvgIpc) is 2.64. The third-order valence-electron chi connectivity index (χ3n) is 3.55. The van der Waals surface area contributed by atoms with Crippen LogP contribution in [0.2, 0.25) is 5.02 Å². The summed E-state index contributed by atoms with van der Waals surface area (Å²) in [5.74, 6) is 0.220. The van der Waals surface area contributed by atoms with Crippen molar-refractivity contribution in [1.82, 2.24) is 10.6 Å². The van der Waals surface area contributed by atoms with Gasteiger partial charge in [-0.25, -0.2) is 0 Å². The molecule has 0 aliphatic heterocycles. The fourth-order valence-electron chi connectivity index (χ4n) is 2.14. The fourth-order valence-corrected chi connectivity index (χ4v) is 2.83. The van der Waals surface area contributed by atoms with Gasteiger partial charge in [0.15, 0.2) is 0 Å². The van der Waals surface area contributed by atoms with Crippen LogP contribution in [0.3, 0.4) is 0 Å². The second kappa shape index (κ2) is 13.9. The van der Waals surface area contributed by atoms with Crippen molar-refractivity contribution in [2.45, 2.75) is 18.9 Å². The highest BCUT2D eigenvalue weighted by Crippen LogP contribution is 2.15. The first kappa shape index (κ1) is 22.8. The van der Waals surface area contributed by atoms with E-state index < -0.39 is 6.04 Å². The fraction of sp³-hybridized carbons (Fsp3) is 0.556. The van der Waals surface area contributed by atoms with Crippen molar-refractivity contribution >= 4 is 35.2 Å². The first-order chi connectivity index (χ1) is 12.6. The molecule has 0 radical (unpaired) electrons. The third kappa shape index (κ3) is 8.89. The Balaban J connectivity index is 2.47.